The maximum absolute atomic E-state index is 12.3. The third-order valence-electron chi connectivity index (χ3n) is 2.90. The van der Waals surface area contributed by atoms with Crippen molar-refractivity contribution in [3.8, 4) is 34.1 Å². The topological polar surface area (TPSA) is 47.9 Å². The number of alkyl halides is 3. The van der Waals surface area contributed by atoms with E-state index in [4.69, 9.17) is 9.47 Å². The minimum Gasteiger partial charge on any atom is -0.504 e. The van der Waals surface area contributed by atoms with Crippen LogP contribution in [0.2, 0.25) is 0 Å². The smallest absolute Gasteiger partial charge is 0.504 e. The molecule has 0 aliphatic carbocycles. The molecule has 0 atom stereocenters. The van der Waals surface area contributed by atoms with E-state index in [2.05, 4.69) is 4.74 Å². The Morgan fingerprint density at radius 1 is 0.818 bits per heavy atom. The number of hydrogen-bond donors (Lipinski definition) is 1. The molecule has 0 radical (unpaired) electrons. The summed E-state index contributed by atoms with van der Waals surface area (Å²) in [6.45, 7) is 0. The minimum atomic E-state index is -4.88. The van der Waals surface area contributed by atoms with Gasteiger partial charge in [-0.3, -0.25) is 0 Å². The van der Waals surface area contributed by atoms with Crippen molar-refractivity contribution in [2.45, 2.75) is 6.36 Å². The van der Waals surface area contributed by atoms with Gasteiger partial charge in [-0.1, -0.05) is 12.1 Å². The molecule has 0 saturated heterocycles. The van der Waals surface area contributed by atoms with E-state index < -0.39 is 17.9 Å². The van der Waals surface area contributed by atoms with E-state index in [-0.39, 0.29) is 0 Å². The van der Waals surface area contributed by atoms with Crippen LogP contribution in [0.4, 0.5) is 13.2 Å². The Balaban J connectivity index is 2.43. The molecule has 2 rings (SSSR count). The van der Waals surface area contributed by atoms with Crippen LogP contribution in [-0.4, -0.2) is 25.7 Å². The molecule has 0 heterocycles. The van der Waals surface area contributed by atoms with Crippen molar-refractivity contribution in [1.82, 2.24) is 0 Å². The minimum absolute atomic E-state index is 0.429. The summed E-state index contributed by atoms with van der Waals surface area (Å²) in [5, 5.41) is 9.46. The van der Waals surface area contributed by atoms with Crippen LogP contribution in [0.15, 0.2) is 36.4 Å². The van der Waals surface area contributed by atoms with Gasteiger partial charge < -0.3 is 19.3 Å². The first kappa shape index (κ1) is 15.8. The molecule has 4 nitrogen and oxygen atoms in total. The van der Waals surface area contributed by atoms with Crippen LogP contribution in [0, 0.1) is 0 Å². The first-order valence-corrected chi connectivity index (χ1v) is 6.15. The third-order valence-corrected chi connectivity index (χ3v) is 2.90. The van der Waals surface area contributed by atoms with Crippen molar-refractivity contribution < 1.29 is 32.5 Å². The Morgan fingerprint density at radius 3 is 1.91 bits per heavy atom. The fraction of sp³-hybridized carbons (Fsp3) is 0.200. The van der Waals surface area contributed by atoms with Crippen LogP contribution < -0.4 is 14.2 Å². The third kappa shape index (κ3) is 3.55. The van der Waals surface area contributed by atoms with E-state index in [0.717, 1.165) is 12.1 Å². The second-order valence-electron chi connectivity index (χ2n) is 4.30. The zero-order valence-corrected chi connectivity index (χ0v) is 11.8. The van der Waals surface area contributed by atoms with Crippen molar-refractivity contribution in [3.05, 3.63) is 36.4 Å². The Morgan fingerprint density at radius 2 is 1.36 bits per heavy atom. The van der Waals surface area contributed by atoms with E-state index in [1.165, 1.54) is 20.3 Å². The predicted octanol–water partition coefficient (Wildman–Crippen LogP) is 3.98. The molecule has 0 spiro atoms. The molecule has 22 heavy (non-hydrogen) atoms. The summed E-state index contributed by atoms with van der Waals surface area (Å²) in [5.41, 5.74) is 1.02. The van der Waals surface area contributed by atoms with Crippen LogP contribution >= 0.6 is 0 Å². The normalized spacial score (nSPS) is 11.1. The highest BCUT2D eigenvalue weighted by molar-refractivity contribution is 5.70. The van der Waals surface area contributed by atoms with Gasteiger partial charge in [0.2, 0.25) is 0 Å². The largest absolute Gasteiger partial charge is 0.573 e. The predicted molar refractivity (Wildman–Crippen MR) is 73.3 cm³/mol. The molecular weight excluding hydrogens is 301 g/mol. The van der Waals surface area contributed by atoms with E-state index in [1.807, 2.05) is 0 Å². The second kappa shape index (κ2) is 6.05. The van der Waals surface area contributed by atoms with Crippen molar-refractivity contribution in [1.29, 1.82) is 0 Å². The van der Waals surface area contributed by atoms with Crippen molar-refractivity contribution in [3.63, 3.8) is 0 Å². The van der Waals surface area contributed by atoms with Gasteiger partial charge in [0.25, 0.3) is 0 Å². The summed E-state index contributed by atoms with van der Waals surface area (Å²) < 4.78 is 50.9. The maximum atomic E-state index is 12.3. The van der Waals surface area contributed by atoms with Gasteiger partial charge in [0.05, 0.1) is 14.2 Å². The van der Waals surface area contributed by atoms with E-state index in [1.54, 1.807) is 18.2 Å². The molecule has 0 aliphatic heterocycles. The monoisotopic (exact) mass is 314 g/mol. The second-order valence-corrected chi connectivity index (χ2v) is 4.30. The molecule has 0 aliphatic rings. The molecule has 0 fully saturated rings. The number of halogens is 3. The van der Waals surface area contributed by atoms with Crippen LogP contribution in [0.5, 0.6) is 23.0 Å². The number of benzene rings is 2. The molecule has 0 amide bonds. The molecule has 0 aromatic heterocycles. The van der Waals surface area contributed by atoms with Gasteiger partial charge in [-0.2, -0.15) is 0 Å². The molecule has 1 N–H and O–H groups in total. The Bertz CT molecular complexity index is 668. The first-order valence-electron chi connectivity index (χ1n) is 6.15. The molecule has 0 bridgehead atoms. The number of aromatic hydroxyl groups is 1. The molecule has 7 heteroatoms. The lowest BCUT2D eigenvalue weighted by Crippen LogP contribution is -2.17. The number of ether oxygens (including phenoxy) is 3. The molecule has 118 valence electrons. The summed E-state index contributed by atoms with van der Waals surface area (Å²) in [6.07, 6.45) is -4.88. The van der Waals surface area contributed by atoms with Crippen LogP contribution in [0.3, 0.4) is 0 Å². The lowest BCUT2D eigenvalue weighted by Gasteiger charge is -2.13. The highest BCUT2D eigenvalue weighted by Crippen LogP contribution is 2.37. The number of hydrogen-bond acceptors (Lipinski definition) is 4. The summed E-state index contributed by atoms with van der Waals surface area (Å²) in [7, 11) is 2.93. The zero-order valence-electron chi connectivity index (χ0n) is 11.8. The summed E-state index contributed by atoms with van der Waals surface area (Å²) in [4.78, 5) is 0. The number of methoxy groups -OCH3 is 2. The molecule has 2 aromatic carbocycles. The number of phenols is 1. The van der Waals surface area contributed by atoms with Crippen LogP contribution in [-0.2, 0) is 0 Å². The van der Waals surface area contributed by atoms with E-state index in [0.29, 0.717) is 22.6 Å². The number of rotatable bonds is 4. The van der Waals surface area contributed by atoms with Crippen molar-refractivity contribution in [2.24, 2.45) is 0 Å². The fourth-order valence-electron chi connectivity index (χ4n) is 1.92. The highest BCUT2D eigenvalue weighted by Gasteiger charge is 2.32. The van der Waals surface area contributed by atoms with E-state index >= 15 is 0 Å². The lowest BCUT2D eigenvalue weighted by atomic mass is 10.0. The average Bonchev–Trinajstić information content (AvgIpc) is 2.47. The summed E-state index contributed by atoms with van der Waals surface area (Å²) in [5.74, 6) is -0.329. The van der Waals surface area contributed by atoms with Gasteiger partial charge in [-0.15, -0.1) is 13.2 Å². The van der Waals surface area contributed by atoms with E-state index in [9.17, 15) is 18.3 Å². The molecule has 0 unspecified atom stereocenters. The number of phenolic OH excluding ortho intramolecular Hbond substituents is 1. The van der Waals surface area contributed by atoms with Crippen molar-refractivity contribution in [2.75, 3.05) is 14.2 Å². The molecular formula is C15H13F3O4. The molecule has 0 saturated carbocycles. The molecule has 2 aromatic rings. The van der Waals surface area contributed by atoms with Gasteiger partial charge in [0, 0.05) is 0 Å². The SMILES string of the molecule is COc1ccc(-c2ccc(O)c(OC(F)(F)F)c2)cc1OC. The highest BCUT2D eigenvalue weighted by atomic mass is 19.4. The first-order chi connectivity index (χ1) is 10.3. The average molecular weight is 314 g/mol. The van der Waals surface area contributed by atoms with Gasteiger partial charge in [0.1, 0.15) is 0 Å². The Hall–Kier alpha value is -2.57. The maximum Gasteiger partial charge on any atom is 0.573 e. The quantitative estimate of drug-likeness (QED) is 0.927. The lowest BCUT2D eigenvalue weighted by molar-refractivity contribution is -0.275. The zero-order chi connectivity index (χ0) is 16.3. The Labute approximate surface area is 124 Å². The Kier molecular flexibility index (Phi) is 4.35. The van der Waals surface area contributed by atoms with Crippen LogP contribution in [0.1, 0.15) is 0 Å². The van der Waals surface area contributed by atoms with Gasteiger partial charge >= 0.3 is 6.36 Å². The van der Waals surface area contributed by atoms with Gasteiger partial charge in [0.15, 0.2) is 23.0 Å². The van der Waals surface area contributed by atoms with Gasteiger partial charge in [-0.25, -0.2) is 0 Å². The standard InChI is InChI=1S/C15H13F3O4/c1-20-12-6-4-10(8-14(12)21-2)9-3-5-11(19)13(7-9)22-15(16,17)18/h3-8,19H,1-2H3. The van der Waals surface area contributed by atoms with Crippen molar-refractivity contribution >= 4 is 0 Å². The summed E-state index contributed by atoms with van der Waals surface area (Å²) >= 11 is 0. The van der Waals surface area contributed by atoms with Crippen LogP contribution in [0.25, 0.3) is 11.1 Å². The van der Waals surface area contributed by atoms with Gasteiger partial charge in [-0.05, 0) is 35.4 Å². The summed E-state index contributed by atoms with van der Waals surface area (Å²) in [6, 6.07) is 8.61. The fourth-order valence-corrected chi connectivity index (χ4v) is 1.92.